The van der Waals surface area contributed by atoms with Crippen LogP contribution in [0.25, 0.3) is 0 Å². The van der Waals surface area contributed by atoms with Gasteiger partial charge in [-0.2, -0.15) is 0 Å². The number of allylic oxidation sites excluding steroid dienone is 3. The summed E-state index contributed by atoms with van der Waals surface area (Å²) >= 11 is 7.59. The summed E-state index contributed by atoms with van der Waals surface area (Å²) in [5, 5.41) is 4.74. The fourth-order valence-corrected chi connectivity index (χ4v) is 6.30. The SMILES string of the molecule is C=CC=C1CCC(C)(C(C)(C)N(C)C(=S)c2c(C(C)C)nn(C)c2C)[C]1=[W]. The minimum absolute atomic E-state index is 0.0874. The van der Waals surface area contributed by atoms with E-state index in [9.17, 15) is 0 Å². The number of hydrogen-bond acceptors (Lipinski definition) is 2. The van der Waals surface area contributed by atoms with Crippen molar-refractivity contribution in [2.45, 2.75) is 65.8 Å². The second-order valence-corrected chi connectivity index (χ2v) is 10.5. The summed E-state index contributed by atoms with van der Waals surface area (Å²) < 4.78 is 3.50. The van der Waals surface area contributed by atoms with Gasteiger partial charge in [0, 0.05) is 0 Å². The number of rotatable bonds is 5. The van der Waals surface area contributed by atoms with E-state index in [4.69, 9.17) is 17.3 Å². The molecule has 1 atom stereocenters. The molecule has 0 aliphatic heterocycles. The first kappa shape index (κ1) is 22.4. The standard InChI is InChI=1S/C22H33N3S.W/c1-10-11-17-12-13-22(7,14-17)21(5,6)24(8)20(26)18-16(4)25(9)23-19(18)15(2)3;/h10-11,15H,1,12-13H2,2-9H3;. The predicted molar refractivity (Wildman–Crippen MR) is 116 cm³/mol. The molecular weight excluding hydrogens is 522 g/mol. The summed E-state index contributed by atoms with van der Waals surface area (Å²) in [4.78, 5) is 3.22. The van der Waals surface area contributed by atoms with Gasteiger partial charge in [-0.1, -0.05) is 0 Å². The molecule has 1 aromatic rings. The molecule has 1 heterocycles. The van der Waals surface area contributed by atoms with E-state index < -0.39 is 0 Å². The zero-order valence-electron chi connectivity index (χ0n) is 18.0. The molecule has 1 unspecified atom stereocenters. The Kier molecular flexibility index (Phi) is 6.54. The third-order valence-electron chi connectivity index (χ3n) is 6.62. The third kappa shape index (κ3) is 3.60. The molecule has 1 saturated carbocycles. The quantitative estimate of drug-likeness (QED) is 0.484. The summed E-state index contributed by atoms with van der Waals surface area (Å²) in [6.07, 6.45) is 6.37. The van der Waals surface area contributed by atoms with Crippen LogP contribution in [0.3, 0.4) is 0 Å². The number of hydrogen-bond donors (Lipinski definition) is 0. The molecule has 148 valence electrons. The van der Waals surface area contributed by atoms with E-state index in [1.807, 2.05) is 17.8 Å². The molecule has 0 aromatic carbocycles. The summed E-state index contributed by atoms with van der Waals surface area (Å²) in [5.74, 6) is 0.344. The van der Waals surface area contributed by atoms with Crippen molar-refractivity contribution >= 4 is 21.1 Å². The first-order chi connectivity index (χ1) is 12.4. The Morgan fingerprint density at radius 3 is 2.56 bits per heavy atom. The van der Waals surface area contributed by atoms with Crippen LogP contribution in [0.15, 0.2) is 24.3 Å². The summed E-state index contributed by atoms with van der Waals surface area (Å²) in [5.41, 5.74) is 4.81. The van der Waals surface area contributed by atoms with E-state index in [1.165, 1.54) is 9.47 Å². The Morgan fingerprint density at radius 2 is 2.04 bits per heavy atom. The molecule has 0 bridgehead atoms. The monoisotopic (exact) mass is 555 g/mol. The van der Waals surface area contributed by atoms with Crippen LogP contribution in [0.4, 0.5) is 0 Å². The van der Waals surface area contributed by atoms with Gasteiger partial charge in [0.1, 0.15) is 0 Å². The Balaban J connectivity index is 2.46. The number of aromatic nitrogens is 2. The molecule has 1 aliphatic carbocycles. The predicted octanol–water partition coefficient (Wildman–Crippen LogP) is 4.87. The van der Waals surface area contributed by atoms with Crippen LogP contribution in [0, 0.1) is 12.3 Å². The number of nitrogens with zero attached hydrogens (tertiary/aromatic N) is 3. The molecule has 0 radical (unpaired) electrons. The summed E-state index contributed by atoms with van der Waals surface area (Å²) in [6.45, 7) is 17.4. The van der Waals surface area contributed by atoms with Crippen LogP contribution < -0.4 is 0 Å². The van der Waals surface area contributed by atoms with Crippen molar-refractivity contribution in [1.82, 2.24) is 14.7 Å². The topological polar surface area (TPSA) is 21.1 Å². The Hall–Kier alpha value is -0.862. The zero-order chi connectivity index (χ0) is 20.7. The molecule has 1 aliphatic rings. The van der Waals surface area contributed by atoms with Gasteiger partial charge in [-0.05, 0) is 0 Å². The molecule has 2 rings (SSSR count). The van der Waals surface area contributed by atoms with Crippen LogP contribution >= 0.6 is 12.2 Å². The van der Waals surface area contributed by atoms with Gasteiger partial charge < -0.3 is 0 Å². The van der Waals surface area contributed by atoms with Gasteiger partial charge in [0.05, 0.1) is 0 Å². The van der Waals surface area contributed by atoms with Gasteiger partial charge in [0.25, 0.3) is 0 Å². The number of aryl methyl sites for hydroxylation is 1. The maximum absolute atomic E-state index is 6.04. The fourth-order valence-electron chi connectivity index (χ4n) is 3.95. The minimum atomic E-state index is -0.103. The van der Waals surface area contributed by atoms with E-state index in [-0.39, 0.29) is 11.0 Å². The molecule has 1 fully saturated rings. The van der Waals surface area contributed by atoms with Crippen molar-refractivity contribution in [3.63, 3.8) is 0 Å². The first-order valence-electron chi connectivity index (χ1n) is 9.58. The molecule has 3 nitrogen and oxygen atoms in total. The molecule has 0 N–H and O–H groups in total. The molecule has 0 saturated heterocycles. The number of thiocarbonyl (C=S) groups is 1. The Labute approximate surface area is 181 Å². The van der Waals surface area contributed by atoms with E-state index in [2.05, 4.69) is 66.1 Å². The molecular formula is C22H33N3SW. The first-order valence-corrected chi connectivity index (χ1v) is 11.5. The Bertz CT molecular complexity index is 816. The van der Waals surface area contributed by atoms with Gasteiger partial charge in [-0.3, -0.25) is 0 Å². The van der Waals surface area contributed by atoms with Gasteiger partial charge in [-0.15, -0.1) is 0 Å². The van der Waals surface area contributed by atoms with Crippen LogP contribution in [-0.4, -0.2) is 36.2 Å². The molecule has 0 amide bonds. The van der Waals surface area contributed by atoms with Crippen molar-refractivity contribution in [1.29, 1.82) is 0 Å². The van der Waals surface area contributed by atoms with Crippen molar-refractivity contribution in [2.75, 3.05) is 7.05 Å². The third-order valence-corrected chi connectivity index (χ3v) is 9.66. The average molecular weight is 555 g/mol. The van der Waals surface area contributed by atoms with Crippen molar-refractivity contribution in [3.05, 3.63) is 41.3 Å². The van der Waals surface area contributed by atoms with Crippen LogP contribution in [0.1, 0.15) is 70.3 Å². The van der Waals surface area contributed by atoms with Crippen molar-refractivity contribution < 1.29 is 19.4 Å². The normalized spacial score (nSPS) is 22.0. The van der Waals surface area contributed by atoms with Crippen LogP contribution in [0.5, 0.6) is 0 Å². The average Bonchev–Trinajstić information content (AvgIpc) is 3.06. The van der Waals surface area contributed by atoms with E-state index >= 15 is 0 Å². The van der Waals surface area contributed by atoms with E-state index in [0.29, 0.717) is 5.92 Å². The van der Waals surface area contributed by atoms with Crippen LogP contribution in [0.2, 0.25) is 0 Å². The van der Waals surface area contributed by atoms with E-state index in [0.717, 1.165) is 34.8 Å². The van der Waals surface area contributed by atoms with E-state index in [1.54, 1.807) is 19.4 Å². The maximum atomic E-state index is 6.04. The van der Waals surface area contributed by atoms with Gasteiger partial charge in [-0.25, -0.2) is 0 Å². The summed E-state index contributed by atoms with van der Waals surface area (Å²) in [6, 6.07) is 0. The second kappa shape index (κ2) is 7.87. The molecule has 27 heavy (non-hydrogen) atoms. The Morgan fingerprint density at radius 1 is 1.44 bits per heavy atom. The van der Waals surface area contributed by atoms with Gasteiger partial charge in [0.15, 0.2) is 0 Å². The van der Waals surface area contributed by atoms with Crippen molar-refractivity contribution in [2.24, 2.45) is 12.5 Å². The molecule has 1 aromatic heterocycles. The molecule has 0 spiro atoms. The van der Waals surface area contributed by atoms with Crippen molar-refractivity contribution in [3.8, 4) is 0 Å². The molecule has 5 heteroatoms. The second-order valence-electron chi connectivity index (χ2n) is 8.64. The summed E-state index contributed by atoms with van der Waals surface area (Å²) in [7, 11) is 4.16. The van der Waals surface area contributed by atoms with Crippen LogP contribution in [-0.2, 0) is 26.4 Å². The zero-order valence-corrected chi connectivity index (χ0v) is 21.8. The van der Waals surface area contributed by atoms with Gasteiger partial charge in [0.2, 0.25) is 0 Å². The fraction of sp³-hybridized carbons (Fsp3) is 0.591. The van der Waals surface area contributed by atoms with Gasteiger partial charge >= 0.3 is 182 Å².